The monoisotopic (exact) mass is 234 g/mol. The second kappa shape index (κ2) is 4.47. The first-order valence-electron chi connectivity index (χ1n) is 5.82. The SMILES string of the molecule is Cc1ccc(C)c2c1NC(=O)C2NC(C)CO. The molecule has 4 heteroatoms. The van der Waals surface area contributed by atoms with Crippen molar-refractivity contribution in [3.05, 3.63) is 28.8 Å². The number of anilines is 1. The molecule has 2 atom stereocenters. The van der Waals surface area contributed by atoms with E-state index in [-0.39, 0.29) is 24.6 Å². The number of benzene rings is 1. The van der Waals surface area contributed by atoms with Crippen LogP contribution in [-0.2, 0) is 4.79 Å². The van der Waals surface area contributed by atoms with Gasteiger partial charge in [0, 0.05) is 17.3 Å². The van der Waals surface area contributed by atoms with Crippen LogP contribution in [0.4, 0.5) is 5.69 Å². The molecule has 0 aliphatic carbocycles. The molecule has 4 nitrogen and oxygen atoms in total. The Bertz CT molecular complexity index is 457. The Kier molecular flexibility index (Phi) is 3.17. The first-order chi connectivity index (χ1) is 8.04. The largest absolute Gasteiger partial charge is 0.395 e. The Morgan fingerprint density at radius 3 is 2.71 bits per heavy atom. The zero-order chi connectivity index (χ0) is 12.6. The number of fused-ring (bicyclic) bond motifs is 1. The molecule has 1 heterocycles. The Morgan fingerprint density at radius 1 is 1.41 bits per heavy atom. The van der Waals surface area contributed by atoms with E-state index in [1.807, 2.05) is 32.9 Å². The van der Waals surface area contributed by atoms with Crippen LogP contribution in [0.5, 0.6) is 0 Å². The topological polar surface area (TPSA) is 61.4 Å². The molecule has 0 radical (unpaired) electrons. The lowest BCUT2D eigenvalue weighted by Gasteiger charge is -2.17. The van der Waals surface area contributed by atoms with Crippen molar-refractivity contribution in [2.24, 2.45) is 0 Å². The molecule has 1 aliphatic heterocycles. The lowest BCUT2D eigenvalue weighted by atomic mass is 9.99. The van der Waals surface area contributed by atoms with E-state index in [9.17, 15) is 4.79 Å². The van der Waals surface area contributed by atoms with Crippen LogP contribution >= 0.6 is 0 Å². The summed E-state index contributed by atoms with van der Waals surface area (Å²) in [7, 11) is 0. The molecule has 0 spiro atoms. The third-order valence-corrected chi connectivity index (χ3v) is 3.20. The van der Waals surface area contributed by atoms with Crippen LogP contribution < -0.4 is 10.6 Å². The third kappa shape index (κ3) is 2.06. The number of aliphatic hydroxyl groups excluding tert-OH is 1. The van der Waals surface area contributed by atoms with Gasteiger partial charge in [-0.15, -0.1) is 0 Å². The smallest absolute Gasteiger partial charge is 0.246 e. The minimum Gasteiger partial charge on any atom is -0.395 e. The van der Waals surface area contributed by atoms with Crippen molar-refractivity contribution >= 4 is 11.6 Å². The summed E-state index contributed by atoms with van der Waals surface area (Å²) in [6.07, 6.45) is 0. The number of nitrogens with one attached hydrogen (secondary N) is 2. The number of carbonyl (C=O) groups excluding carboxylic acids is 1. The molecular weight excluding hydrogens is 216 g/mol. The highest BCUT2D eigenvalue weighted by molar-refractivity contribution is 6.03. The van der Waals surface area contributed by atoms with Crippen molar-refractivity contribution in [1.82, 2.24) is 5.32 Å². The van der Waals surface area contributed by atoms with E-state index in [1.54, 1.807) is 0 Å². The Hall–Kier alpha value is -1.39. The van der Waals surface area contributed by atoms with Gasteiger partial charge in [-0.05, 0) is 31.9 Å². The van der Waals surface area contributed by atoms with Gasteiger partial charge in [-0.3, -0.25) is 10.1 Å². The maximum Gasteiger partial charge on any atom is 0.246 e. The second-order valence-electron chi connectivity index (χ2n) is 4.66. The lowest BCUT2D eigenvalue weighted by Crippen LogP contribution is -2.36. The summed E-state index contributed by atoms with van der Waals surface area (Å²) < 4.78 is 0. The minimum absolute atomic E-state index is 0.0178. The zero-order valence-corrected chi connectivity index (χ0v) is 10.4. The van der Waals surface area contributed by atoms with Gasteiger partial charge in [0.25, 0.3) is 0 Å². The van der Waals surface area contributed by atoms with Gasteiger partial charge in [0.1, 0.15) is 6.04 Å². The fourth-order valence-corrected chi connectivity index (χ4v) is 2.19. The van der Waals surface area contributed by atoms with Crippen molar-refractivity contribution in [1.29, 1.82) is 0 Å². The number of aliphatic hydroxyl groups is 1. The molecule has 1 aromatic rings. The fourth-order valence-electron chi connectivity index (χ4n) is 2.19. The van der Waals surface area contributed by atoms with Gasteiger partial charge >= 0.3 is 0 Å². The minimum atomic E-state index is -0.355. The van der Waals surface area contributed by atoms with Crippen LogP contribution in [0.3, 0.4) is 0 Å². The molecule has 0 bridgehead atoms. The summed E-state index contributed by atoms with van der Waals surface area (Å²) in [6.45, 7) is 5.85. The van der Waals surface area contributed by atoms with Gasteiger partial charge in [-0.2, -0.15) is 0 Å². The van der Waals surface area contributed by atoms with E-state index >= 15 is 0 Å². The van der Waals surface area contributed by atoms with Gasteiger partial charge in [0.05, 0.1) is 6.61 Å². The Labute approximate surface area is 101 Å². The van der Waals surface area contributed by atoms with Crippen LogP contribution in [0.25, 0.3) is 0 Å². The molecule has 1 aliphatic rings. The van der Waals surface area contributed by atoms with Gasteiger partial charge in [-0.1, -0.05) is 12.1 Å². The van der Waals surface area contributed by atoms with E-state index in [0.717, 1.165) is 22.4 Å². The number of hydrogen-bond acceptors (Lipinski definition) is 3. The second-order valence-corrected chi connectivity index (χ2v) is 4.66. The Balaban J connectivity index is 2.39. The van der Waals surface area contributed by atoms with E-state index in [1.165, 1.54) is 0 Å². The molecule has 2 rings (SSSR count). The number of amides is 1. The van der Waals surface area contributed by atoms with Crippen LogP contribution in [0.2, 0.25) is 0 Å². The van der Waals surface area contributed by atoms with Gasteiger partial charge in [0.15, 0.2) is 0 Å². The van der Waals surface area contributed by atoms with Crippen molar-refractivity contribution < 1.29 is 9.90 Å². The van der Waals surface area contributed by atoms with Crippen LogP contribution in [0.15, 0.2) is 12.1 Å². The summed E-state index contributed by atoms with van der Waals surface area (Å²) >= 11 is 0. The van der Waals surface area contributed by atoms with Crippen LogP contribution in [0, 0.1) is 13.8 Å². The highest BCUT2D eigenvalue weighted by Gasteiger charge is 2.33. The van der Waals surface area contributed by atoms with Gasteiger partial charge in [-0.25, -0.2) is 0 Å². The predicted molar refractivity (Wildman–Crippen MR) is 67.0 cm³/mol. The van der Waals surface area contributed by atoms with Crippen molar-refractivity contribution in [2.75, 3.05) is 11.9 Å². The Morgan fingerprint density at radius 2 is 2.06 bits per heavy atom. The van der Waals surface area contributed by atoms with E-state index < -0.39 is 0 Å². The third-order valence-electron chi connectivity index (χ3n) is 3.20. The maximum absolute atomic E-state index is 11.9. The molecular formula is C13H18N2O2. The number of carbonyl (C=O) groups is 1. The maximum atomic E-state index is 11.9. The molecule has 1 aromatic carbocycles. The highest BCUT2D eigenvalue weighted by atomic mass is 16.3. The average molecular weight is 234 g/mol. The summed E-state index contributed by atoms with van der Waals surface area (Å²) in [4.78, 5) is 11.9. The normalized spacial score (nSPS) is 20.0. The number of hydrogen-bond donors (Lipinski definition) is 3. The molecule has 0 saturated carbocycles. The summed E-state index contributed by atoms with van der Waals surface area (Å²) in [5, 5.41) is 15.1. The number of rotatable bonds is 3. The van der Waals surface area contributed by atoms with Crippen molar-refractivity contribution in [2.45, 2.75) is 32.9 Å². The van der Waals surface area contributed by atoms with Gasteiger partial charge in [0.2, 0.25) is 5.91 Å². The van der Waals surface area contributed by atoms with Crippen molar-refractivity contribution in [3.63, 3.8) is 0 Å². The number of aryl methyl sites for hydroxylation is 2. The van der Waals surface area contributed by atoms with Gasteiger partial charge < -0.3 is 10.4 Å². The zero-order valence-electron chi connectivity index (χ0n) is 10.4. The van der Waals surface area contributed by atoms with Crippen LogP contribution in [0.1, 0.15) is 29.7 Å². The molecule has 1 amide bonds. The first kappa shape index (κ1) is 12.1. The van der Waals surface area contributed by atoms with E-state index in [4.69, 9.17) is 5.11 Å². The summed E-state index contributed by atoms with van der Waals surface area (Å²) in [6, 6.07) is 3.57. The lowest BCUT2D eigenvalue weighted by molar-refractivity contribution is -0.117. The van der Waals surface area contributed by atoms with E-state index in [0.29, 0.717) is 0 Å². The average Bonchev–Trinajstić information content (AvgIpc) is 2.63. The predicted octanol–water partition coefficient (Wildman–Crippen LogP) is 1.27. The standard InChI is InChI=1S/C13H18N2O2/c1-7-4-5-8(2)11-10(7)12(13(17)15-11)14-9(3)6-16/h4-5,9,12,14,16H,6H2,1-3H3,(H,15,17). The molecule has 2 unspecified atom stereocenters. The van der Waals surface area contributed by atoms with Crippen LogP contribution in [-0.4, -0.2) is 23.7 Å². The molecule has 3 N–H and O–H groups in total. The molecule has 0 saturated heterocycles. The van der Waals surface area contributed by atoms with Crippen molar-refractivity contribution in [3.8, 4) is 0 Å². The molecule has 92 valence electrons. The van der Waals surface area contributed by atoms with E-state index in [2.05, 4.69) is 10.6 Å². The quantitative estimate of drug-likeness (QED) is 0.738. The molecule has 17 heavy (non-hydrogen) atoms. The highest BCUT2D eigenvalue weighted by Crippen LogP contribution is 2.36. The summed E-state index contributed by atoms with van der Waals surface area (Å²) in [5.41, 5.74) is 4.08. The first-order valence-corrected chi connectivity index (χ1v) is 5.82. The molecule has 0 fully saturated rings. The summed E-state index contributed by atoms with van der Waals surface area (Å²) in [5.74, 6) is -0.0438. The molecule has 0 aromatic heterocycles. The fraction of sp³-hybridized carbons (Fsp3) is 0.462.